The second kappa shape index (κ2) is 9.84. The number of nitrogens with zero attached hydrogens (tertiary/aromatic N) is 1. The number of alkyl halides is 1. The van der Waals surface area contributed by atoms with Crippen molar-refractivity contribution in [3.05, 3.63) is 63.7 Å². The fourth-order valence-corrected chi connectivity index (χ4v) is 8.16. The molecule has 0 spiro atoms. The van der Waals surface area contributed by atoms with Crippen LogP contribution >= 0.6 is 0 Å². The van der Waals surface area contributed by atoms with Crippen LogP contribution in [-0.4, -0.2) is 56.8 Å². The molecule has 0 amide bonds. The average molecular weight is 572 g/mol. The molecule has 0 aliphatic heterocycles. The second-order valence-corrected chi connectivity index (χ2v) is 12.2. The third-order valence-corrected chi connectivity index (χ3v) is 10.4. The van der Waals surface area contributed by atoms with Gasteiger partial charge in [0, 0.05) is 22.8 Å². The molecule has 10 nitrogen and oxygen atoms in total. The van der Waals surface area contributed by atoms with Crippen LogP contribution in [0.5, 0.6) is 0 Å². The Morgan fingerprint density at radius 1 is 1.22 bits per heavy atom. The van der Waals surface area contributed by atoms with Crippen molar-refractivity contribution >= 4 is 23.4 Å². The number of hydrogen-bond donors (Lipinski definition) is 2. The summed E-state index contributed by atoms with van der Waals surface area (Å²) in [5.41, 5.74) is -5.92. The number of rotatable bonds is 6. The van der Waals surface area contributed by atoms with Crippen LogP contribution in [0.15, 0.2) is 48.1 Å². The zero-order valence-corrected chi connectivity index (χ0v) is 23.2. The summed E-state index contributed by atoms with van der Waals surface area (Å²) in [5, 5.41) is 34.4. The maximum absolute atomic E-state index is 17.2. The molecule has 0 radical (unpaired) electrons. The number of carbonyl (C=O) groups is 3. The van der Waals surface area contributed by atoms with Crippen LogP contribution in [0.3, 0.4) is 0 Å². The van der Waals surface area contributed by atoms with Gasteiger partial charge in [-0.25, -0.2) is 9.18 Å². The number of para-hydroxylation sites is 1. The van der Waals surface area contributed by atoms with Gasteiger partial charge in [0.05, 0.1) is 16.6 Å². The van der Waals surface area contributed by atoms with Crippen molar-refractivity contribution in [3.8, 4) is 0 Å². The molecular weight excluding hydrogens is 537 g/mol. The van der Waals surface area contributed by atoms with Crippen molar-refractivity contribution in [2.24, 2.45) is 22.7 Å². The lowest BCUT2D eigenvalue weighted by Crippen LogP contribution is -2.69. The minimum absolute atomic E-state index is 0.00502. The summed E-state index contributed by atoms with van der Waals surface area (Å²) in [6, 6.07) is 5.75. The van der Waals surface area contributed by atoms with Gasteiger partial charge in [-0.3, -0.25) is 19.7 Å². The van der Waals surface area contributed by atoms with E-state index >= 15 is 4.39 Å². The zero-order valence-electron chi connectivity index (χ0n) is 23.2. The van der Waals surface area contributed by atoms with Crippen LogP contribution in [-0.2, 0) is 19.1 Å². The van der Waals surface area contributed by atoms with E-state index in [4.69, 9.17) is 9.47 Å². The lowest BCUT2D eigenvalue weighted by atomic mass is 9.44. The summed E-state index contributed by atoms with van der Waals surface area (Å²) in [6.07, 6.45) is 1.46. The maximum atomic E-state index is 17.2. The molecule has 0 bridgehead atoms. The molecule has 0 saturated heterocycles. The number of nitro benzene ring substituents is 1. The normalized spacial score (nSPS) is 38.1. The Bertz CT molecular complexity index is 1380. The third kappa shape index (κ3) is 4.15. The molecule has 2 N–H and O–H groups in total. The van der Waals surface area contributed by atoms with E-state index in [-0.39, 0.29) is 29.9 Å². The van der Waals surface area contributed by atoms with Crippen LogP contribution in [0.25, 0.3) is 0 Å². The molecule has 8 atom stereocenters. The number of aliphatic hydroxyl groups is 2. The summed E-state index contributed by atoms with van der Waals surface area (Å²) >= 11 is 0. The van der Waals surface area contributed by atoms with Gasteiger partial charge in [-0.1, -0.05) is 30.7 Å². The molecule has 11 heteroatoms. The highest BCUT2D eigenvalue weighted by atomic mass is 19.1. The predicted octanol–water partition coefficient (Wildman–Crippen LogP) is 4.48. The minimum Gasteiger partial charge on any atom is -0.426 e. The van der Waals surface area contributed by atoms with E-state index in [1.165, 1.54) is 37.3 Å². The lowest BCUT2D eigenvalue weighted by Gasteiger charge is -2.62. The third-order valence-electron chi connectivity index (χ3n) is 10.4. The molecule has 41 heavy (non-hydrogen) atoms. The molecule has 3 fully saturated rings. The summed E-state index contributed by atoms with van der Waals surface area (Å²) in [5.74, 6) is -2.13. The molecule has 4 aliphatic carbocycles. The van der Waals surface area contributed by atoms with Crippen molar-refractivity contribution in [1.29, 1.82) is 0 Å². The minimum atomic E-state index is -2.09. The number of allylic oxidation sites excluding steroid dienone is 4. The van der Waals surface area contributed by atoms with E-state index in [0.29, 0.717) is 24.8 Å². The Morgan fingerprint density at radius 3 is 2.63 bits per heavy atom. The number of hydrogen-bond acceptors (Lipinski definition) is 9. The number of ketones is 2. The molecular formula is C30H34FNO9. The van der Waals surface area contributed by atoms with Gasteiger partial charge in [0.2, 0.25) is 5.78 Å². The SMILES string of the molecule is CC(OC(=O)OCC(=O)[C@@]1(O)CC[C@H]2[C@@H]3CCC4=CC(=O)C=C[C@]4(C)[C@@]3(F)[C@@H](O)C[C@@]21C)c1ccccc1[N+](=O)[O-]. The summed E-state index contributed by atoms with van der Waals surface area (Å²) in [6.45, 7) is 3.97. The van der Waals surface area contributed by atoms with E-state index < -0.39 is 69.6 Å². The number of carbonyl (C=O) groups excluding carboxylic acids is 3. The lowest BCUT2D eigenvalue weighted by molar-refractivity contribution is -0.386. The highest BCUT2D eigenvalue weighted by molar-refractivity contribution is 6.01. The summed E-state index contributed by atoms with van der Waals surface area (Å²) < 4.78 is 27.3. The quantitative estimate of drug-likeness (QED) is 0.286. The average Bonchev–Trinajstić information content (AvgIpc) is 3.19. The number of nitro groups is 1. The van der Waals surface area contributed by atoms with Crippen molar-refractivity contribution in [1.82, 2.24) is 0 Å². The first-order chi connectivity index (χ1) is 19.2. The molecule has 4 aliphatic rings. The van der Waals surface area contributed by atoms with Gasteiger partial charge < -0.3 is 19.7 Å². The van der Waals surface area contributed by atoms with Crippen molar-refractivity contribution in [2.45, 2.75) is 76.4 Å². The van der Waals surface area contributed by atoms with Crippen LogP contribution in [0.4, 0.5) is 14.9 Å². The molecule has 5 rings (SSSR count). The van der Waals surface area contributed by atoms with E-state index in [1.54, 1.807) is 26.0 Å². The Labute approximate surface area is 236 Å². The van der Waals surface area contributed by atoms with Crippen molar-refractivity contribution < 1.29 is 43.4 Å². The molecule has 220 valence electrons. The summed E-state index contributed by atoms with van der Waals surface area (Å²) in [7, 11) is 0. The van der Waals surface area contributed by atoms with Gasteiger partial charge in [0.15, 0.2) is 18.1 Å². The second-order valence-electron chi connectivity index (χ2n) is 12.2. The molecule has 1 aromatic rings. The van der Waals surface area contributed by atoms with Crippen LogP contribution in [0.1, 0.15) is 64.5 Å². The maximum Gasteiger partial charge on any atom is 0.509 e. The number of Topliss-reactive ketones (excluding diaryl/α,β-unsaturated/α-hetero) is 1. The first kappa shape index (κ1) is 29.1. The highest BCUT2D eigenvalue weighted by Gasteiger charge is 2.74. The Kier molecular flexibility index (Phi) is 6.97. The largest absolute Gasteiger partial charge is 0.509 e. The smallest absolute Gasteiger partial charge is 0.426 e. The fourth-order valence-electron chi connectivity index (χ4n) is 8.16. The van der Waals surface area contributed by atoms with E-state index in [0.717, 1.165) is 0 Å². The number of fused-ring (bicyclic) bond motifs is 5. The first-order valence-electron chi connectivity index (χ1n) is 13.8. The van der Waals surface area contributed by atoms with Gasteiger partial charge in [-0.05, 0) is 70.1 Å². The van der Waals surface area contributed by atoms with E-state index in [9.17, 15) is 34.7 Å². The highest BCUT2D eigenvalue weighted by Crippen LogP contribution is 2.69. The van der Waals surface area contributed by atoms with Gasteiger partial charge >= 0.3 is 6.16 Å². The standard InChI is InChI=1S/C30H34FNO9/c1-17(20-6-4-5-7-23(20)32(38)39)41-26(36)40-16-25(35)29(37)13-11-21-22-9-8-18-14-19(33)10-12-27(18,2)30(22,31)24(34)15-28(21,29)3/h4-7,10,12,14,17,21-22,24,34,37H,8-9,11,13,15-16H2,1-3H3/t17?,21-,22-,24-,27-,28-,29-,30-/m0/s1. The van der Waals surface area contributed by atoms with Crippen molar-refractivity contribution in [2.75, 3.05) is 6.61 Å². The molecule has 1 aromatic carbocycles. The predicted molar refractivity (Wildman–Crippen MR) is 142 cm³/mol. The topological polar surface area (TPSA) is 153 Å². The summed E-state index contributed by atoms with van der Waals surface area (Å²) in [4.78, 5) is 48.5. The molecule has 3 saturated carbocycles. The number of aliphatic hydroxyl groups excluding tert-OH is 1. The Hall–Kier alpha value is -3.44. The monoisotopic (exact) mass is 571 g/mol. The van der Waals surface area contributed by atoms with Crippen LogP contribution in [0, 0.1) is 32.8 Å². The fraction of sp³-hybridized carbons (Fsp3) is 0.567. The van der Waals surface area contributed by atoms with Gasteiger partial charge in [0.25, 0.3) is 5.69 Å². The molecule has 0 aromatic heterocycles. The van der Waals surface area contributed by atoms with E-state index in [1.807, 2.05) is 0 Å². The van der Waals surface area contributed by atoms with Gasteiger partial charge in [0.1, 0.15) is 11.7 Å². The van der Waals surface area contributed by atoms with Gasteiger partial charge in [-0.15, -0.1) is 0 Å². The first-order valence-corrected chi connectivity index (χ1v) is 13.8. The van der Waals surface area contributed by atoms with Crippen LogP contribution in [0.2, 0.25) is 0 Å². The van der Waals surface area contributed by atoms with E-state index in [2.05, 4.69) is 0 Å². The Balaban J connectivity index is 1.30. The number of halogens is 1. The molecule has 1 unspecified atom stereocenters. The molecule has 0 heterocycles. The number of ether oxygens (including phenoxy) is 2. The number of benzene rings is 1. The van der Waals surface area contributed by atoms with Gasteiger partial charge in [-0.2, -0.15) is 0 Å². The Morgan fingerprint density at radius 2 is 1.93 bits per heavy atom. The van der Waals surface area contributed by atoms with Crippen LogP contribution < -0.4 is 0 Å². The zero-order chi connectivity index (χ0) is 30.0. The van der Waals surface area contributed by atoms with Crippen molar-refractivity contribution in [3.63, 3.8) is 0 Å².